The number of nitrogen functional groups attached to an aromatic ring is 1. The molecular formula is C14H27N5O. The van der Waals surface area contributed by atoms with Crippen molar-refractivity contribution in [2.75, 3.05) is 18.8 Å². The molecule has 1 rings (SSSR count). The highest BCUT2D eigenvalue weighted by atomic mass is 16.2. The topological polar surface area (TPSA) is 77.0 Å². The minimum absolute atomic E-state index is 0.0992. The summed E-state index contributed by atoms with van der Waals surface area (Å²) < 4.78 is 1.50. The third-order valence-electron chi connectivity index (χ3n) is 3.27. The van der Waals surface area contributed by atoms with Crippen LogP contribution in [0, 0.1) is 0 Å². The van der Waals surface area contributed by atoms with Gasteiger partial charge in [-0.3, -0.25) is 4.79 Å². The maximum atomic E-state index is 12.3. The minimum Gasteiger partial charge on any atom is -0.367 e. The third kappa shape index (κ3) is 6.04. The number of anilines is 1. The van der Waals surface area contributed by atoms with Crippen molar-refractivity contribution in [1.29, 1.82) is 0 Å². The van der Waals surface area contributed by atoms with Crippen molar-refractivity contribution in [3.8, 4) is 0 Å². The summed E-state index contributed by atoms with van der Waals surface area (Å²) in [5.41, 5.74) is 5.46. The van der Waals surface area contributed by atoms with Crippen LogP contribution in [0.4, 0.5) is 5.95 Å². The van der Waals surface area contributed by atoms with E-state index >= 15 is 0 Å². The molecule has 6 nitrogen and oxygen atoms in total. The van der Waals surface area contributed by atoms with Crippen LogP contribution in [0.1, 0.15) is 52.4 Å². The average molecular weight is 281 g/mol. The molecule has 0 spiro atoms. The number of rotatable bonds is 10. The Morgan fingerprint density at radius 2 is 1.80 bits per heavy atom. The number of carbonyl (C=O) groups is 1. The highest BCUT2D eigenvalue weighted by molar-refractivity contribution is 5.75. The Hall–Kier alpha value is -1.59. The number of amides is 1. The normalized spacial score (nSPS) is 10.7. The van der Waals surface area contributed by atoms with Crippen LogP contribution in [0.2, 0.25) is 0 Å². The third-order valence-corrected chi connectivity index (χ3v) is 3.27. The van der Waals surface area contributed by atoms with Gasteiger partial charge < -0.3 is 10.6 Å². The number of aromatic nitrogens is 3. The SMILES string of the molecule is CCCCCN(CCCCC)C(=O)Cn1cnc(N)n1. The minimum atomic E-state index is 0.0992. The molecule has 0 saturated carbocycles. The van der Waals surface area contributed by atoms with E-state index in [0.717, 1.165) is 51.6 Å². The Morgan fingerprint density at radius 3 is 2.25 bits per heavy atom. The molecule has 0 aliphatic heterocycles. The van der Waals surface area contributed by atoms with E-state index in [9.17, 15) is 4.79 Å². The lowest BCUT2D eigenvalue weighted by Crippen LogP contribution is -2.35. The van der Waals surface area contributed by atoms with E-state index in [2.05, 4.69) is 23.9 Å². The molecule has 20 heavy (non-hydrogen) atoms. The first-order valence-corrected chi connectivity index (χ1v) is 7.60. The van der Waals surface area contributed by atoms with Crippen LogP contribution < -0.4 is 5.73 Å². The maximum absolute atomic E-state index is 12.3. The molecule has 0 atom stereocenters. The van der Waals surface area contributed by atoms with Gasteiger partial charge in [0.2, 0.25) is 11.9 Å². The van der Waals surface area contributed by atoms with E-state index in [1.54, 1.807) is 0 Å². The number of nitrogens with two attached hydrogens (primary N) is 1. The van der Waals surface area contributed by atoms with Crippen LogP contribution in [0.25, 0.3) is 0 Å². The van der Waals surface area contributed by atoms with Crippen molar-refractivity contribution in [1.82, 2.24) is 19.7 Å². The van der Waals surface area contributed by atoms with Gasteiger partial charge in [-0.25, -0.2) is 9.67 Å². The van der Waals surface area contributed by atoms with Crippen molar-refractivity contribution < 1.29 is 4.79 Å². The standard InChI is InChI=1S/C14H27N5O/c1-3-5-7-9-18(10-8-6-4-2)13(20)11-19-12-16-14(15)17-19/h12H,3-11H2,1-2H3,(H2,15,17). The summed E-state index contributed by atoms with van der Waals surface area (Å²) in [7, 11) is 0. The summed E-state index contributed by atoms with van der Waals surface area (Å²) >= 11 is 0. The lowest BCUT2D eigenvalue weighted by Gasteiger charge is -2.22. The van der Waals surface area contributed by atoms with Gasteiger partial charge >= 0.3 is 0 Å². The Labute approximate surface area is 121 Å². The molecule has 2 N–H and O–H groups in total. The van der Waals surface area contributed by atoms with E-state index in [4.69, 9.17) is 5.73 Å². The van der Waals surface area contributed by atoms with Crippen molar-refractivity contribution in [2.45, 2.75) is 58.9 Å². The quantitative estimate of drug-likeness (QED) is 0.666. The van der Waals surface area contributed by atoms with Crippen LogP contribution in [-0.2, 0) is 11.3 Å². The highest BCUT2D eigenvalue weighted by Gasteiger charge is 2.14. The molecule has 0 bridgehead atoms. The molecule has 1 heterocycles. The van der Waals surface area contributed by atoms with Crippen LogP contribution >= 0.6 is 0 Å². The van der Waals surface area contributed by atoms with Gasteiger partial charge in [-0.05, 0) is 12.8 Å². The smallest absolute Gasteiger partial charge is 0.244 e. The van der Waals surface area contributed by atoms with Crippen molar-refractivity contribution >= 4 is 11.9 Å². The Kier molecular flexibility index (Phi) is 7.69. The van der Waals surface area contributed by atoms with Gasteiger partial charge in [-0.2, -0.15) is 0 Å². The molecule has 1 amide bonds. The van der Waals surface area contributed by atoms with Gasteiger partial charge in [-0.15, -0.1) is 5.10 Å². The zero-order valence-electron chi connectivity index (χ0n) is 12.7. The molecule has 6 heteroatoms. The molecular weight excluding hydrogens is 254 g/mol. The van der Waals surface area contributed by atoms with Crippen LogP contribution in [-0.4, -0.2) is 38.7 Å². The van der Waals surface area contributed by atoms with Gasteiger partial charge in [0.15, 0.2) is 0 Å². The fraction of sp³-hybridized carbons (Fsp3) is 0.786. The van der Waals surface area contributed by atoms with E-state index in [1.807, 2.05) is 4.90 Å². The maximum Gasteiger partial charge on any atom is 0.244 e. The average Bonchev–Trinajstić information content (AvgIpc) is 2.82. The zero-order valence-corrected chi connectivity index (χ0v) is 12.7. The van der Waals surface area contributed by atoms with Gasteiger partial charge in [0, 0.05) is 13.1 Å². The van der Waals surface area contributed by atoms with Crippen LogP contribution in [0.3, 0.4) is 0 Å². The molecule has 0 saturated heterocycles. The second kappa shape index (κ2) is 9.34. The summed E-state index contributed by atoms with van der Waals surface area (Å²) in [5.74, 6) is 0.309. The Balaban J connectivity index is 2.48. The lowest BCUT2D eigenvalue weighted by atomic mass is 10.2. The molecule has 0 aromatic carbocycles. The van der Waals surface area contributed by atoms with Crippen molar-refractivity contribution in [3.05, 3.63) is 6.33 Å². The fourth-order valence-corrected chi connectivity index (χ4v) is 2.09. The summed E-state index contributed by atoms with van der Waals surface area (Å²) in [6.07, 6.45) is 8.28. The first-order valence-electron chi connectivity index (χ1n) is 7.60. The first-order chi connectivity index (χ1) is 9.67. The molecule has 0 aliphatic carbocycles. The van der Waals surface area contributed by atoms with Crippen LogP contribution in [0.15, 0.2) is 6.33 Å². The molecule has 0 fully saturated rings. The molecule has 0 aliphatic rings. The largest absolute Gasteiger partial charge is 0.367 e. The van der Waals surface area contributed by atoms with Gasteiger partial charge in [0.25, 0.3) is 0 Å². The predicted octanol–water partition coefficient (Wildman–Crippen LogP) is 2.07. The van der Waals surface area contributed by atoms with E-state index in [1.165, 1.54) is 11.0 Å². The highest BCUT2D eigenvalue weighted by Crippen LogP contribution is 2.04. The van der Waals surface area contributed by atoms with Crippen LogP contribution in [0.5, 0.6) is 0 Å². The zero-order chi connectivity index (χ0) is 14.8. The molecule has 114 valence electrons. The van der Waals surface area contributed by atoms with E-state index in [0.29, 0.717) is 0 Å². The Morgan fingerprint density at radius 1 is 1.20 bits per heavy atom. The summed E-state index contributed by atoms with van der Waals surface area (Å²) in [6, 6.07) is 0. The second-order valence-corrected chi connectivity index (χ2v) is 5.10. The molecule has 0 radical (unpaired) electrons. The lowest BCUT2D eigenvalue weighted by molar-refractivity contribution is -0.132. The van der Waals surface area contributed by atoms with E-state index in [-0.39, 0.29) is 18.4 Å². The predicted molar refractivity (Wildman–Crippen MR) is 80.1 cm³/mol. The summed E-state index contributed by atoms with van der Waals surface area (Å²) in [4.78, 5) is 18.1. The van der Waals surface area contributed by atoms with Gasteiger partial charge in [0.1, 0.15) is 12.9 Å². The van der Waals surface area contributed by atoms with Crippen molar-refractivity contribution in [3.63, 3.8) is 0 Å². The summed E-state index contributed by atoms with van der Waals surface area (Å²) in [5, 5.41) is 3.96. The first kappa shape index (κ1) is 16.5. The number of hydrogen-bond donors (Lipinski definition) is 1. The fourth-order valence-electron chi connectivity index (χ4n) is 2.09. The monoisotopic (exact) mass is 281 g/mol. The van der Waals surface area contributed by atoms with Crippen molar-refractivity contribution in [2.24, 2.45) is 0 Å². The summed E-state index contributed by atoms with van der Waals surface area (Å²) in [6.45, 7) is 6.23. The molecule has 1 aromatic heterocycles. The number of hydrogen-bond acceptors (Lipinski definition) is 4. The number of carbonyl (C=O) groups excluding carboxylic acids is 1. The van der Waals surface area contributed by atoms with E-state index < -0.39 is 0 Å². The van der Waals surface area contributed by atoms with Gasteiger partial charge in [-0.1, -0.05) is 39.5 Å². The number of nitrogens with zero attached hydrogens (tertiary/aromatic N) is 4. The van der Waals surface area contributed by atoms with Gasteiger partial charge in [0.05, 0.1) is 0 Å². The molecule has 1 aromatic rings. The molecule has 0 unspecified atom stereocenters. The number of unbranched alkanes of at least 4 members (excludes halogenated alkanes) is 4. The Bertz CT molecular complexity index is 381. The second-order valence-electron chi connectivity index (χ2n) is 5.10.